The van der Waals surface area contributed by atoms with Crippen LogP contribution in [0.25, 0.3) is 11.0 Å². The molecule has 0 spiro atoms. The van der Waals surface area contributed by atoms with Crippen molar-refractivity contribution < 1.29 is 4.42 Å². The summed E-state index contributed by atoms with van der Waals surface area (Å²) in [5.41, 5.74) is 0.337. The maximum atomic E-state index is 10.7. The molecular formula is C9H6GeO2. The molecule has 0 unspecified atom stereocenters. The van der Waals surface area contributed by atoms with Gasteiger partial charge in [-0.3, -0.25) is 0 Å². The van der Waals surface area contributed by atoms with Gasteiger partial charge in [-0.25, -0.2) is 4.79 Å². The number of fused-ring (bicyclic) bond motifs is 1. The largest absolute Gasteiger partial charge is 0.423 e. The Balaban J connectivity index is 0.000000720. The van der Waals surface area contributed by atoms with Crippen molar-refractivity contribution >= 4 is 28.6 Å². The normalized spacial score (nSPS) is 9.33. The zero-order chi connectivity index (χ0) is 7.68. The van der Waals surface area contributed by atoms with E-state index in [2.05, 4.69) is 0 Å². The van der Waals surface area contributed by atoms with E-state index < -0.39 is 0 Å². The second-order valence-electron chi connectivity index (χ2n) is 2.29. The molecule has 0 saturated carbocycles. The van der Waals surface area contributed by atoms with Gasteiger partial charge in [0.25, 0.3) is 0 Å². The van der Waals surface area contributed by atoms with Crippen molar-refractivity contribution in [2.45, 2.75) is 0 Å². The summed E-state index contributed by atoms with van der Waals surface area (Å²) >= 11 is 0. The Hall–Kier alpha value is -1.03. The Morgan fingerprint density at radius 2 is 1.75 bits per heavy atom. The molecule has 0 saturated heterocycles. The van der Waals surface area contributed by atoms with Crippen LogP contribution in [0.5, 0.6) is 0 Å². The standard InChI is InChI=1S/C9H6O2.Ge/c10-9-6-5-7-3-1-2-4-8(7)11-9;/h1-6H;. The van der Waals surface area contributed by atoms with E-state index in [0.29, 0.717) is 5.58 Å². The van der Waals surface area contributed by atoms with E-state index in [4.69, 9.17) is 4.42 Å². The summed E-state index contributed by atoms with van der Waals surface area (Å²) in [6.45, 7) is 0. The first-order valence-corrected chi connectivity index (χ1v) is 3.35. The van der Waals surface area contributed by atoms with Crippen molar-refractivity contribution in [2.75, 3.05) is 0 Å². The van der Waals surface area contributed by atoms with Crippen LogP contribution in [0.2, 0.25) is 0 Å². The molecule has 58 valence electrons. The predicted molar refractivity (Wildman–Crippen MR) is 48.2 cm³/mol. The minimum Gasteiger partial charge on any atom is -0.423 e. The molecule has 0 bridgehead atoms. The Kier molecular flexibility index (Phi) is 2.71. The van der Waals surface area contributed by atoms with Crippen LogP contribution in [-0.4, -0.2) is 17.6 Å². The quantitative estimate of drug-likeness (QED) is 0.495. The van der Waals surface area contributed by atoms with E-state index >= 15 is 0 Å². The molecule has 0 N–H and O–H groups in total. The molecule has 0 fully saturated rings. The van der Waals surface area contributed by atoms with Gasteiger partial charge in [0.1, 0.15) is 5.58 Å². The van der Waals surface area contributed by atoms with Crippen LogP contribution >= 0.6 is 0 Å². The maximum Gasteiger partial charge on any atom is 0.336 e. The molecular weight excluding hydrogens is 213 g/mol. The summed E-state index contributed by atoms with van der Waals surface area (Å²) in [6, 6.07) is 10.6. The maximum absolute atomic E-state index is 10.7. The molecule has 2 nitrogen and oxygen atoms in total. The average molecular weight is 219 g/mol. The molecule has 0 aliphatic carbocycles. The van der Waals surface area contributed by atoms with Crippen molar-refractivity contribution in [1.29, 1.82) is 0 Å². The summed E-state index contributed by atoms with van der Waals surface area (Å²) in [6.07, 6.45) is 0. The number of rotatable bonds is 0. The summed E-state index contributed by atoms with van der Waals surface area (Å²) in [7, 11) is 0. The molecule has 2 rings (SSSR count). The van der Waals surface area contributed by atoms with Gasteiger partial charge >= 0.3 is 5.63 Å². The van der Waals surface area contributed by atoms with Gasteiger partial charge in [0.15, 0.2) is 0 Å². The SMILES string of the molecule is O=c1ccc2ccccc2o1.[Ge]. The zero-order valence-electron chi connectivity index (χ0n) is 6.28. The minimum atomic E-state index is -0.302. The van der Waals surface area contributed by atoms with Gasteiger partial charge in [-0.05, 0) is 12.1 Å². The fraction of sp³-hybridized carbons (Fsp3) is 0. The summed E-state index contributed by atoms with van der Waals surface area (Å²) in [4.78, 5) is 10.7. The second kappa shape index (κ2) is 3.58. The van der Waals surface area contributed by atoms with Crippen molar-refractivity contribution in [3.63, 3.8) is 0 Å². The van der Waals surface area contributed by atoms with Crippen LogP contribution in [-0.2, 0) is 0 Å². The van der Waals surface area contributed by atoms with Crippen LogP contribution in [0.3, 0.4) is 0 Å². The summed E-state index contributed by atoms with van der Waals surface area (Å²) in [5, 5.41) is 0.951. The van der Waals surface area contributed by atoms with Gasteiger partial charge < -0.3 is 4.42 Å². The molecule has 1 aromatic heterocycles. The molecule has 1 aromatic carbocycles. The summed E-state index contributed by atoms with van der Waals surface area (Å²) < 4.78 is 4.91. The van der Waals surface area contributed by atoms with Gasteiger partial charge in [-0.15, -0.1) is 0 Å². The first-order valence-electron chi connectivity index (χ1n) is 3.35. The van der Waals surface area contributed by atoms with Crippen molar-refractivity contribution in [3.8, 4) is 0 Å². The van der Waals surface area contributed by atoms with Crippen LogP contribution in [0.4, 0.5) is 0 Å². The smallest absolute Gasteiger partial charge is 0.336 e. The third-order valence-electron chi connectivity index (χ3n) is 1.53. The van der Waals surface area contributed by atoms with E-state index in [-0.39, 0.29) is 23.2 Å². The van der Waals surface area contributed by atoms with Crippen molar-refractivity contribution in [1.82, 2.24) is 0 Å². The third-order valence-corrected chi connectivity index (χ3v) is 1.53. The molecule has 0 atom stereocenters. The summed E-state index contributed by atoms with van der Waals surface area (Å²) in [5.74, 6) is 0. The van der Waals surface area contributed by atoms with Crippen LogP contribution in [0, 0.1) is 0 Å². The number of benzene rings is 1. The molecule has 0 amide bonds. The van der Waals surface area contributed by atoms with Gasteiger partial charge in [-0.1, -0.05) is 18.2 Å². The Labute approximate surface area is 80.2 Å². The topological polar surface area (TPSA) is 30.2 Å². The van der Waals surface area contributed by atoms with Crippen LogP contribution in [0.15, 0.2) is 45.6 Å². The van der Waals surface area contributed by atoms with E-state index in [1.807, 2.05) is 18.2 Å². The first kappa shape index (κ1) is 9.06. The fourth-order valence-electron chi connectivity index (χ4n) is 1.01. The van der Waals surface area contributed by atoms with Crippen molar-refractivity contribution in [2.24, 2.45) is 0 Å². The molecule has 3 heteroatoms. The second-order valence-corrected chi connectivity index (χ2v) is 2.29. The predicted octanol–water partition coefficient (Wildman–Crippen LogP) is 1.41. The Morgan fingerprint density at radius 1 is 1.00 bits per heavy atom. The molecule has 1 heterocycles. The average Bonchev–Trinajstić information content (AvgIpc) is 2.04. The van der Waals surface area contributed by atoms with Gasteiger partial charge in [-0.2, -0.15) is 0 Å². The molecule has 2 aromatic rings. The van der Waals surface area contributed by atoms with E-state index in [1.54, 1.807) is 12.1 Å². The Morgan fingerprint density at radius 3 is 2.58 bits per heavy atom. The number of para-hydroxylation sites is 1. The molecule has 0 aliphatic heterocycles. The van der Waals surface area contributed by atoms with E-state index in [0.717, 1.165) is 5.39 Å². The van der Waals surface area contributed by atoms with Crippen LogP contribution in [0.1, 0.15) is 0 Å². The molecule has 12 heavy (non-hydrogen) atoms. The minimum absolute atomic E-state index is 0. The molecule has 0 aliphatic rings. The van der Waals surface area contributed by atoms with Crippen molar-refractivity contribution in [3.05, 3.63) is 46.8 Å². The Bertz CT molecular complexity index is 433. The van der Waals surface area contributed by atoms with E-state index in [1.165, 1.54) is 6.07 Å². The third kappa shape index (κ3) is 1.58. The van der Waals surface area contributed by atoms with E-state index in [9.17, 15) is 4.79 Å². The number of hydrogen-bond donors (Lipinski definition) is 0. The number of hydrogen-bond acceptors (Lipinski definition) is 2. The first-order chi connectivity index (χ1) is 5.36. The monoisotopic (exact) mass is 220 g/mol. The van der Waals surface area contributed by atoms with Gasteiger partial charge in [0.2, 0.25) is 0 Å². The van der Waals surface area contributed by atoms with Gasteiger partial charge in [0.05, 0.1) is 0 Å². The van der Waals surface area contributed by atoms with Crippen LogP contribution < -0.4 is 5.63 Å². The molecule has 4 radical (unpaired) electrons. The zero-order valence-corrected chi connectivity index (χ0v) is 8.38. The fourth-order valence-corrected chi connectivity index (χ4v) is 1.01. The van der Waals surface area contributed by atoms with Gasteiger partial charge in [0, 0.05) is 29.0 Å².